The number of hydroxylamine groups is 1. The smallest absolute Gasteiger partial charge is 0.187 e. The predicted molar refractivity (Wildman–Crippen MR) is 83.0 cm³/mol. The van der Waals surface area contributed by atoms with Gasteiger partial charge in [0.1, 0.15) is 6.23 Å². The average molecular weight is 299 g/mol. The maximum absolute atomic E-state index is 12.0. The Bertz CT molecular complexity index is 690. The fourth-order valence-electron chi connectivity index (χ4n) is 1.88. The van der Waals surface area contributed by atoms with E-state index in [1.165, 1.54) is 18.3 Å². The number of nitrogens with zero attached hydrogens (tertiary/aromatic N) is 2. The first-order valence-corrected chi connectivity index (χ1v) is 6.66. The summed E-state index contributed by atoms with van der Waals surface area (Å²) in [6.07, 6.45) is 8.29. The Morgan fingerprint density at radius 3 is 2.68 bits per heavy atom. The molecule has 0 saturated carbocycles. The zero-order valence-corrected chi connectivity index (χ0v) is 12.0. The van der Waals surface area contributed by atoms with Crippen LogP contribution in [0, 0.1) is 0 Å². The summed E-state index contributed by atoms with van der Waals surface area (Å²) in [6, 6.07) is 7.12. The second kappa shape index (κ2) is 7.46. The van der Waals surface area contributed by atoms with Gasteiger partial charge >= 0.3 is 0 Å². The van der Waals surface area contributed by atoms with Crippen molar-refractivity contribution in [2.75, 3.05) is 0 Å². The fraction of sp³-hybridized carbons (Fsp3) is 0.125. The van der Waals surface area contributed by atoms with Gasteiger partial charge in [0.2, 0.25) is 0 Å². The quantitative estimate of drug-likeness (QED) is 0.326. The molecule has 2 rings (SSSR count). The Morgan fingerprint density at radius 2 is 2.05 bits per heavy atom. The molecule has 0 bridgehead atoms. The van der Waals surface area contributed by atoms with Gasteiger partial charge in [0.15, 0.2) is 5.78 Å². The first-order valence-electron chi connectivity index (χ1n) is 6.66. The lowest BCUT2D eigenvalue weighted by Crippen LogP contribution is -2.21. The van der Waals surface area contributed by atoms with Crippen molar-refractivity contribution in [2.45, 2.75) is 6.23 Å². The number of aromatic nitrogens is 2. The number of hydrogen-bond donors (Lipinski definition) is 3. The predicted octanol–water partition coefficient (Wildman–Crippen LogP) is 1.63. The number of allylic oxidation sites excluding steroid dienone is 1. The van der Waals surface area contributed by atoms with Crippen molar-refractivity contribution in [3.05, 3.63) is 65.8 Å². The summed E-state index contributed by atoms with van der Waals surface area (Å²) >= 11 is 0. The molecule has 0 aliphatic rings. The van der Waals surface area contributed by atoms with Crippen molar-refractivity contribution < 1.29 is 15.1 Å². The van der Waals surface area contributed by atoms with Crippen LogP contribution in [0.2, 0.25) is 0 Å². The monoisotopic (exact) mass is 299 g/mol. The van der Waals surface area contributed by atoms with Crippen LogP contribution in [-0.4, -0.2) is 31.9 Å². The number of ketones is 1. The number of carbonyl (C=O) groups is 1. The molecule has 1 unspecified atom stereocenters. The zero-order chi connectivity index (χ0) is 15.9. The van der Waals surface area contributed by atoms with Crippen LogP contribution in [0.4, 0.5) is 0 Å². The first kappa shape index (κ1) is 15.8. The molecule has 2 heterocycles. The highest BCUT2D eigenvalue weighted by molar-refractivity contribution is 6.06. The van der Waals surface area contributed by atoms with Gasteiger partial charge in [-0.1, -0.05) is 0 Å². The van der Waals surface area contributed by atoms with E-state index in [9.17, 15) is 9.90 Å². The van der Waals surface area contributed by atoms with E-state index < -0.39 is 6.23 Å². The van der Waals surface area contributed by atoms with Gasteiger partial charge in [-0.3, -0.25) is 9.78 Å². The maximum Gasteiger partial charge on any atom is 0.187 e. The molecule has 6 nitrogen and oxygen atoms in total. The van der Waals surface area contributed by atoms with Crippen LogP contribution < -0.4 is 5.48 Å². The molecular formula is C16H17N3O3. The molecule has 2 aromatic heterocycles. The highest BCUT2D eigenvalue weighted by atomic mass is 16.5. The highest BCUT2D eigenvalue weighted by Gasteiger charge is 2.03. The van der Waals surface area contributed by atoms with E-state index in [1.807, 2.05) is 23.7 Å². The molecule has 2 aromatic rings. The Hall–Kier alpha value is -2.54. The summed E-state index contributed by atoms with van der Waals surface area (Å²) in [6.45, 7) is 0. The fourth-order valence-corrected chi connectivity index (χ4v) is 1.88. The Balaban J connectivity index is 2.11. The summed E-state index contributed by atoms with van der Waals surface area (Å²) in [5, 5.41) is 17.7. The van der Waals surface area contributed by atoms with Crippen LogP contribution in [0.1, 0.15) is 21.7 Å². The molecule has 0 spiro atoms. The minimum atomic E-state index is -1.12. The van der Waals surface area contributed by atoms with Crippen molar-refractivity contribution >= 4 is 17.9 Å². The van der Waals surface area contributed by atoms with Gasteiger partial charge in [0.05, 0.1) is 0 Å². The SMILES string of the molecule is Cn1c(/C=C/C(=O)c2cccnc2)ccc1/C=C/C(O)NO. The van der Waals surface area contributed by atoms with Crippen LogP contribution >= 0.6 is 0 Å². The number of rotatable bonds is 6. The Kier molecular flexibility index (Phi) is 5.37. The molecule has 0 radical (unpaired) electrons. The minimum Gasteiger partial charge on any atom is -0.373 e. The third kappa shape index (κ3) is 3.98. The normalized spacial score (nSPS) is 13.0. The Labute approximate surface area is 128 Å². The maximum atomic E-state index is 12.0. The number of aliphatic hydroxyl groups excluding tert-OH is 1. The van der Waals surface area contributed by atoms with E-state index in [4.69, 9.17) is 5.21 Å². The standard InChI is InChI=1S/C16H17N3O3/c1-19-13(4-5-14(19)7-9-16(21)18-22)6-8-15(20)12-3-2-10-17-11-12/h2-11,16,18,21-22H,1H3/b8-6+,9-7+. The van der Waals surface area contributed by atoms with Crippen LogP contribution in [0.5, 0.6) is 0 Å². The van der Waals surface area contributed by atoms with E-state index in [-0.39, 0.29) is 5.78 Å². The average Bonchev–Trinajstić information content (AvgIpc) is 2.91. The van der Waals surface area contributed by atoms with Crippen molar-refractivity contribution in [3.8, 4) is 0 Å². The van der Waals surface area contributed by atoms with Crippen molar-refractivity contribution in [1.29, 1.82) is 0 Å². The Morgan fingerprint density at radius 1 is 1.32 bits per heavy atom. The van der Waals surface area contributed by atoms with Crippen molar-refractivity contribution in [2.24, 2.45) is 7.05 Å². The lowest BCUT2D eigenvalue weighted by molar-refractivity contribution is 0.0323. The number of pyridine rings is 1. The summed E-state index contributed by atoms with van der Waals surface area (Å²) in [5.41, 5.74) is 3.91. The molecule has 0 amide bonds. The molecule has 22 heavy (non-hydrogen) atoms. The lowest BCUT2D eigenvalue weighted by Gasteiger charge is -2.03. The van der Waals surface area contributed by atoms with E-state index in [0.29, 0.717) is 5.56 Å². The van der Waals surface area contributed by atoms with Crippen LogP contribution in [0.25, 0.3) is 12.2 Å². The lowest BCUT2D eigenvalue weighted by atomic mass is 10.2. The molecule has 0 fully saturated rings. The summed E-state index contributed by atoms with van der Waals surface area (Å²) in [4.78, 5) is 15.9. The molecule has 114 valence electrons. The molecule has 0 saturated heterocycles. The molecule has 0 aliphatic carbocycles. The van der Waals surface area contributed by atoms with E-state index >= 15 is 0 Å². The molecule has 0 aromatic carbocycles. The molecular weight excluding hydrogens is 282 g/mol. The summed E-state index contributed by atoms with van der Waals surface area (Å²) in [5.74, 6) is -0.119. The zero-order valence-electron chi connectivity index (χ0n) is 12.0. The molecule has 0 aliphatic heterocycles. The van der Waals surface area contributed by atoms with Gasteiger partial charge in [0, 0.05) is 36.4 Å². The largest absolute Gasteiger partial charge is 0.373 e. The third-order valence-electron chi connectivity index (χ3n) is 3.13. The van der Waals surface area contributed by atoms with Gasteiger partial charge in [-0.05, 0) is 48.6 Å². The van der Waals surface area contributed by atoms with Gasteiger partial charge in [-0.15, -0.1) is 0 Å². The summed E-state index contributed by atoms with van der Waals surface area (Å²) < 4.78 is 1.85. The second-order valence-corrected chi connectivity index (χ2v) is 4.61. The van der Waals surface area contributed by atoms with Crippen molar-refractivity contribution in [3.63, 3.8) is 0 Å². The van der Waals surface area contributed by atoms with Gasteiger partial charge in [0.25, 0.3) is 0 Å². The van der Waals surface area contributed by atoms with Gasteiger partial charge in [-0.2, -0.15) is 5.48 Å². The molecule has 6 heteroatoms. The number of nitrogens with one attached hydrogen (secondary N) is 1. The molecule has 3 N–H and O–H groups in total. The van der Waals surface area contributed by atoms with Gasteiger partial charge in [-0.25, -0.2) is 0 Å². The van der Waals surface area contributed by atoms with Crippen LogP contribution in [-0.2, 0) is 7.05 Å². The van der Waals surface area contributed by atoms with E-state index in [1.54, 1.807) is 36.0 Å². The third-order valence-corrected chi connectivity index (χ3v) is 3.13. The van der Waals surface area contributed by atoms with Crippen LogP contribution in [0.15, 0.2) is 48.8 Å². The minimum absolute atomic E-state index is 0.119. The van der Waals surface area contributed by atoms with Gasteiger partial charge < -0.3 is 14.9 Å². The topological polar surface area (TPSA) is 87.4 Å². The highest BCUT2D eigenvalue weighted by Crippen LogP contribution is 2.12. The van der Waals surface area contributed by atoms with E-state index in [0.717, 1.165) is 11.4 Å². The molecule has 1 atom stereocenters. The number of carbonyl (C=O) groups excluding carboxylic acids is 1. The van der Waals surface area contributed by atoms with Crippen LogP contribution in [0.3, 0.4) is 0 Å². The van der Waals surface area contributed by atoms with Crippen molar-refractivity contribution in [1.82, 2.24) is 15.0 Å². The first-order chi connectivity index (χ1) is 10.6. The summed E-state index contributed by atoms with van der Waals surface area (Å²) in [7, 11) is 1.84. The van der Waals surface area contributed by atoms with E-state index in [2.05, 4.69) is 4.98 Å². The second-order valence-electron chi connectivity index (χ2n) is 4.61. The number of hydrogen-bond acceptors (Lipinski definition) is 5. The number of aliphatic hydroxyl groups is 1.